The first-order chi connectivity index (χ1) is 10.1. The molecular formula is C17H26N2O2. The molecule has 4 nitrogen and oxygen atoms in total. The molecule has 1 amide bonds. The lowest BCUT2D eigenvalue weighted by Crippen LogP contribution is -2.52. The second-order valence-corrected chi connectivity index (χ2v) is 5.88. The van der Waals surface area contributed by atoms with E-state index in [1.807, 2.05) is 23.1 Å². The SMILES string of the molecule is COCCc1ccccc1N1CCCC(NC(C)C)C1=O. The zero-order valence-electron chi connectivity index (χ0n) is 13.3. The van der Waals surface area contributed by atoms with Gasteiger partial charge in [-0.25, -0.2) is 0 Å². The summed E-state index contributed by atoms with van der Waals surface area (Å²) in [5, 5.41) is 3.38. The first kappa shape index (κ1) is 16.0. The van der Waals surface area contributed by atoms with Crippen LogP contribution in [0.15, 0.2) is 24.3 Å². The van der Waals surface area contributed by atoms with E-state index in [1.54, 1.807) is 7.11 Å². The predicted molar refractivity (Wildman–Crippen MR) is 85.7 cm³/mol. The van der Waals surface area contributed by atoms with Crippen molar-refractivity contribution in [2.75, 3.05) is 25.2 Å². The highest BCUT2D eigenvalue weighted by Crippen LogP contribution is 2.25. The van der Waals surface area contributed by atoms with Crippen LogP contribution in [-0.4, -0.2) is 38.3 Å². The van der Waals surface area contributed by atoms with Crippen molar-refractivity contribution < 1.29 is 9.53 Å². The highest BCUT2D eigenvalue weighted by molar-refractivity contribution is 5.98. The Morgan fingerprint density at radius 2 is 2.14 bits per heavy atom. The molecule has 1 heterocycles. The van der Waals surface area contributed by atoms with E-state index in [4.69, 9.17) is 4.74 Å². The molecule has 1 saturated heterocycles. The number of carbonyl (C=O) groups excluding carboxylic acids is 1. The fourth-order valence-corrected chi connectivity index (χ4v) is 2.87. The summed E-state index contributed by atoms with van der Waals surface area (Å²) in [6, 6.07) is 8.41. The molecule has 0 aliphatic carbocycles. The maximum Gasteiger partial charge on any atom is 0.244 e. The Labute approximate surface area is 127 Å². The zero-order valence-corrected chi connectivity index (χ0v) is 13.3. The third kappa shape index (κ3) is 4.05. The number of benzene rings is 1. The molecule has 0 spiro atoms. The number of hydrogen-bond donors (Lipinski definition) is 1. The summed E-state index contributed by atoms with van der Waals surface area (Å²) in [5.74, 6) is 0.194. The van der Waals surface area contributed by atoms with Crippen LogP contribution in [-0.2, 0) is 16.0 Å². The third-order valence-corrected chi connectivity index (χ3v) is 3.83. The normalized spacial score (nSPS) is 19.3. The van der Waals surface area contributed by atoms with Gasteiger partial charge >= 0.3 is 0 Å². The summed E-state index contributed by atoms with van der Waals surface area (Å²) < 4.78 is 5.17. The van der Waals surface area contributed by atoms with Gasteiger partial charge in [0.2, 0.25) is 5.91 Å². The first-order valence-electron chi connectivity index (χ1n) is 7.77. The summed E-state index contributed by atoms with van der Waals surface area (Å²) in [6.45, 7) is 5.64. The van der Waals surface area contributed by atoms with Crippen LogP contribution in [0, 0.1) is 0 Å². The first-order valence-corrected chi connectivity index (χ1v) is 7.77. The van der Waals surface area contributed by atoms with Gasteiger partial charge in [-0.05, 0) is 30.9 Å². The highest BCUT2D eigenvalue weighted by Gasteiger charge is 2.30. The molecule has 116 valence electrons. The lowest BCUT2D eigenvalue weighted by atomic mass is 10.0. The van der Waals surface area contributed by atoms with Gasteiger partial charge in [0.25, 0.3) is 0 Å². The van der Waals surface area contributed by atoms with E-state index >= 15 is 0 Å². The van der Waals surface area contributed by atoms with Crippen molar-refractivity contribution in [1.82, 2.24) is 5.32 Å². The molecule has 0 saturated carbocycles. The minimum atomic E-state index is -0.0609. The summed E-state index contributed by atoms with van der Waals surface area (Å²) in [4.78, 5) is 14.7. The number of ether oxygens (including phenoxy) is 1. The fraction of sp³-hybridized carbons (Fsp3) is 0.588. The largest absolute Gasteiger partial charge is 0.384 e. The standard InChI is InChI=1S/C17H26N2O2/c1-13(2)18-15-8-6-11-19(17(15)20)16-9-5-4-7-14(16)10-12-21-3/h4-5,7,9,13,15,18H,6,8,10-12H2,1-3H3. The number of nitrogens with one attached hydrogen (secondary N) is 1. The van der Waals surface area contributed by atoms with Gasteiger partial charge < -0.3 is 15.0 Å². The van der Waals surface area contributed by atoms with Crippen LogP contribution < -0.4 is 10.2 Å². The minimum Gasteiger partial charge on any atom is -0.384 e. The molecule has 1 fully saturated rings. The molecule has 1 atom stereocenters. The molecule has 21 heavy (non-hydrogen) atoms. The number of piperidine rings is 1. The van der Waals surface area contributed by atoms with Gasteiger partial charge in [0.05, 0.1) is 12.6 Å². The Morgan fingerprint density at radius 1 is 1.38 bits per heavy atom. The van der Waals surface area contributed by atoms with E-state index in [-0.39, 0.29) is 11.9 Å². The van der Waals surface area contributed by atoms with Crippen molar-refractivity contribution >= 4 is 11.6 Å². The molecule has 0 radical (unpaired) electrons. The van der Waals surface area contributed by atoms with Crippen LogP contribution in [0.4, 0.5) is 5.69 Å². The van der Waals surface area contributed by atoms with Crippen molar-refractivity contribution in [2.24, 2.45) is 0 Å². The van der Waals surface area contributed by atoms with Gasteiger partial charge in [0, 0.05) is 25.4 Å². The maximum absolute atomic E-state index is 12.7. The average Bonchev–Trinajstić information content (AvgIpc) is 2.47. The molecule has 1 aromatic rings. The van der Waals surface area contributed by atoms with Gasteiger partial charge in [0.1, 0.15) is 0 Å². The monoisotopic (exact) mass is 290 g/mol. The van der Waals surface area contributed by atoms with E-state index in [1.165, 1.54) is 5.56 Å². The molecule has 1 aliphatic rings. The van der Waals surface area contributed by atoms with Crippen molar-refractivity contribution in [3.8, 4) is 0 Å². The quantitative estimate of drug-likeness (QED) is 0.874. The number of amides is 1. The van der Waals surface area contributed by atoms with Crippen molar-refractivity contribution in [3.05, 3.63) is 29.8 Å². The van der Waals surface area contributed by atoms with Crippen LogP contribution >= 0.6 is 0 Å². The Bertz CT molecular complexity index is 474. The van der Waals surface area contributed by atoms with Crippen molar-refractivity contribution in [3.63, 3.8) is 0 Å². The summed E-state index contributed by atoms with van der Waals surface area (Å²) >= 11 is 0. The molecular weight excluding hydrogens is 264 g/mol. The zero-order chi connectivity index (χ0) is 15.2. The van der Waals surface area contributed by atoms with E-state index in [9.17, 15) is 4.79 Å². The molecule has 0 bridgehead atoms. The van der Waals surface area contributed by atoms with E-state index < -0.39 is 0 Å². The highest BCUT2D eigenvalue weighted by atomic mass is 16.5. The third-order valence-electron chi connectivity index (χ3n) is 3.83. The van der Waals surface area contributed by atoms with Crippen LogP contribution in [0.1, 0.15) is 32.3 Å². The molecule has 1 aliphatic heterocycles. The summed E-state index contributed by atoms with van der Waals surface area (Å²) in [7, 11) is 1.71. The number of methoxy groups -OCH3 is 1. The molecule has 2 rings (SSSR count). The Kier molecular flexibility index (Phi) is 5.76. The van der Waals surface area contributed by atoms with Crippen LogP contribution in [0.3, 0.4) is 0 Å². The number of para-hydroxylation sites is 1. The molecule has 1 aromatic carbocycles. The van der Waals surface area contributed by atoms with E-state index in [0.29, 0.717) is 12.6 Å². The topological polar surface area (TPSA) is 41.6 Å². The fourth-order valence-electron chi connectivity index (χ4n) is 2.87. The number of hydrogen-bond acceptors (Lipinski definition) is 3. The van der Waals surface area contributed by atoms with E-state index in [2.05, 4.69) is 25.2 Å². The van der Waals surface area contributed by atoms with Crippen LogP contribution in [0.2, 0.25) is 0 Å². The van der Waals surface area contributed by atoms with Gasteiger partial charge in [0.15, 0.2) is 0 Å². The maximum atomic E-state index is 12.7. The molecule has 1 unspecified atom stereocenters. The minimum absolute atomic E-state index is 0.0609. The number of nitrogens with zero attached hydrogens (tertiary/aromatic N) is 1. The summed E-state index contributed by atoms with van der Waals surface area (Å²) in [5.41, 5.74) is 2.22. The van der Waals surface area contributed by atoms with Gasteiger partial charge in [-0.2, -0.15) is 0 Å². The number of carbonyl (C=O) groups is 1. The van der Waals surface area contributed by atoms with Gasteiger partial charge in [-0.15, -0.1) is 0 Å². The Morgan fingerprint density at radius 3 is 2.86 bits per heavy atom. The second kappa shape index (κ2) is 7.57. The molecule has 0 aromatic heterocycles. The smallest absolute Gasteiger partial charge is 0.244 e. The number of rotatable bonds is 6. The Balaban J connectivity index is 2.18. The van der Waals surface area contributed by atoms with Crippen LogP contribution in [0.5, 0.6) is 0 Å². The summed E-state index contributed by atoms with van der Waals surface area (Å²) in [6.07, 6.45) is 2.79. The van der Waals surface area contributed by atoms with Crippen molar-refractivity contribution in [1.29, 1.82) is 0 Å². The lowest BCUT2D eigenvalue weighted by Gasteiger charge is -2.34. The molecule has 4 heteroatoms. The lowest BCUT2D eigenvalue weighted by molar-refractivity contribution is -0.121. The van der Waals surface area contributed by atoms with Gasteiger partial charge in [-0.3, -0.25) is 4.79 Å². The number of anilines is 1. The van der Waals surface area contributed by atoms with E-state index in [0.717, 1.165) is 31.5 Å². The molecule has 1 N–H and O–H groups in total. The van der Waals surface area contributed by atoms with Crippen molar-refractivity contribution in [2.45, 2.75) is 45.2 Å². The second-order valence-electron chi connectivity index (χ2n) is 5.88. The van der Waals surface area contributed by atoms with Crippen LogP contribution in [0.25, 0.3) is 0 Å². The predicted octanol–water partition coefficient (Wildman–Crippen LogP) is 2.37. The average molecular weight is 290 g/mol. The Hall–Kier alpha value is -1.39. The van der Waals surface area contributed by atoms with Gasteiger partial charge in [-0.1, -0.05) is 32.0 Å².